The number of esters is 1. The van der Waals surface area contributed by atoms with E-state index in [0.29, 0.717) is 12.5 Å². The average Bonchev–Trinajstić information content (AvgIpc) is 2.18. The number of hydrogen-bond donors (Lipinski definition) is 0. The van der Waals surface area contributed by atoms with Gasteiger partial charge >= 0.3 is 5.97 Å². The second-order valence-electron chi connectivity index (χ2n) is 3.35. The molecule has 0 fully saturated rings. The Balaban J connectivity index is 0.000000249. The van der Waals surface area contributed by atoms with Crippen LogP contribution in [0.2, 0.25) is 0 Å². The molecule has 0 aliphatic heterocycles. The number of hydrogen-bond acceptors (Lipinski definition) is 2. The Morgan fingerprint density at radius 2 is 1.43 bits per heavy atom. The summed E-state index contributed by atoms with van der Waals surface area (Å²) in [5.74, 6) is 0.248. The molecular weight excluding hydrogens is 176 g/mol. The lowest BCUT2D eigenvalue weighted by atomic mass is 10.2. The van der Waals surface area contributed by atoms with Crippen LogP contribution in [0.3, 0.4) is 0 Å². The molecule has 0 atom stereocenters. The maximum Gasteiger partial charge on any atom is 0.302 e. The zero-order valence-corrected chi connectivity index (χ0v) is 9.07. The van der Waals surface area contributed by atoms with E-state index >= 15 is 0 Å². The third-order valence-corrected chi connectivity index (χ3v) is 1.29. The number of ether oxygens (including phenoxy) is 1. The third kappa shape index (κ3) is 10.7. The highest BCUT2D eigenvalue weighted by Crippen LogP contribution is 1.91. The summed E-state index contributed by atoms with van der Waals surface area (Å²) in [6, 6.07) is 12.0. The first-order chi connectivity index (χ1) is 6.63. The molecule has 1 aromatic carbocycles. The molecule has 0 spiro atoms. The fourth-order valence-corrected chi connectivity index (χ4v) is 0.669. The second-order valence-corrected chi connectivity index (χ2v) is 3.35. The first-order valence-electron chi connectivity index (χ1n) is 4.76. The Kier molecular flexibility index (Phi) is 7.52. The van der Waals surface area contributed by atoms with E-state index in [1.165, 1.54) is 6.92 Å². The van der Waals surface area contributed by atoms with Gasteiger partial charge < -0.3 is 4.74 Å². The Morgan fingerprint density at radius 3 is 1.57 bits per heavy atom. The molecule has 1 aromatic rings. The summed E-state index contributed by atoms with van der Waals surface area (Å²) in [4.78, 5) is 10.1. The molecular formula is C12H18O2. The molecule has 0 saturated carbocycles. The van der Waals surface area contributed by atoms with Gasteiger partial charge in [-0.2, -0.15) is 0 Å². The van der Waals surface area contributed by atoms with Gasteiger partial charge in [0.15, 0.2) is 0 Å². The van der Waals surface area contributed by atoms with Crippen LogP contribution in [0.1, 0.15) is 20.8 Å². The zero-order valence-electron chi connectivity index (χ0n) is 9.07. The van der Waals surface area contributed by atoms with E-state index < -0.39 is 0 Å². The molecule has 0 aliphatic rings. The van der Waals surface area contributed by atoms with Crippen LogP contribution in [0.4, 0.5) is 0 Å². The van der Waals surface area contributed by atoms with Gasteiger partial charge in [0.25, 0.3) is 0 Å². The smallest absolute Gasteiger partial charge is 0.302 e. The molecule has 0 N–H and O–H groups in total. The minimum Gasteiger partial charge on any atom is -0.466 e. The van der Waals surface area contributed by atoms with Crippen molar-refractivity contribution in [3.05, 3.63) is 36.4 Å². The van der Waals surface area contributed by atoms with E-state index in [1.807, 2.05) is 50.2 Å². The lowest BCUT2D eigenvalue weighted by Crippen LogP contribution is -2.05. The standard InChI is InChI=1S/C6H12O2.C6H6/c1-5(2)4-8-6(3)7;1-2-4-6-5-3-1/h5H,4H2,1-3H3;1-6H. The largest absolute Gasteiger partial charge is 0.466 e. The Bertz CT molecular complexity index is 203. The normalized spacial score (nSPS) is 8.86. The van der Waals surface area contributed by atoms with Crippen LogP contribution < -0.4 is 0 Å². The van der Waals surface area contributed by atoms with Gasteiger partial charge in [0.2, 0.25) is 0 Å². The van der Waals surface area contributed by atoms with Crippen LogP contribution in [0.15, 0.2) is 36.4 Å². The lowest BCUT2D eigenvalue weighted by molar-refractivity contribution is -0.141. The van der Waals surface area contributed by atoms with Gasteiger partial charge in [-0.15, -0.1) is 0 Å². The fourth-order valence-electron chi connectivity index (χ4n) is 0.669. The maximum absolute atomic E-state index is 10.1. The van der Waals surface area contributed by atoms with E-state index in [4.69, 9.17) is 0 Å². The molecule has 14 heavy (non-hydrogen) atoms. The Labute approximate surface area is 85.9 Å². The molecule has 0 amide bonds. The van der Waals surface area contributed by atoms with Crippen LogP contribution in [0.25, 0.3) is 0 Å². The molecule has 0 heterocycles. The van der Waals surface area contributed by atoms with Crippen LogP contribution in [0, 0.1) is 5.92 Å². The van der Waals surface area contributed by atoms with Gasteiger partial charge in [0.05, 0.1) is 6.61 Å². The van der Waals surface area contributed by atoms with Crippen molar-refractivity contribution < 1.29 is 9.53 Å². The molecule has 0 saturated heterocycles. The lowest BCUT2D eigenvalue weighted by Gasteiger charge is -2.02. The van der Waals surface area contributed by atoms with Crippen LogP contribution in [0.5, 0.6) is 0 Å². The van der Waals surface area contributed by atoms with Crippen molar-refractivity contribution in [3.63, 3.8) is 0 Å². The summed E-state index contributed by atoms with van der Waals surface area (Å²) < 4.78 is 4.66. The van der Waals surface area contributed by atoms with Crippen molar-refractivity contribution >= 4 is 5.97 Å². The van der Waals surface area contributed by atoms with Gasteiger partial charge in [-0.3, -0.25) is 4.79 Å². The first kappa shape index (κ1) is 12.7. The van der Waals surface area contributed by atoms with E-state index in [2.05, 4.69) is 4.74 Å². The third-order valence-electron chi connectivity index (χ3n) is 1.29. The summed E-state index contributed by atoms with van der Waals surface area (Å²) in [5.41, 5.74) is 0. The van der Waals surface area contributed by atoms with Gasteiger partial charge in [0.1, 0.15) is 0 Å². The summed E-state index contributed by atoms with van der Waals surface area (Å²) in [5, 5.41) is 0. The predicted molar refractivity (Wildman–Crippen MR) is 57.9 cm³/mol. The molecule has 78 valence electrons. The van der Waals surface area contributed by atoms with Gasteiger partial charge in [-0.1, -0.05) is 50.2 Å². The maximum atomic E-state index is 10.1. The van der Waals surface area contributed by atoms with Gasteiger partial charge in [-0.05, 0) is 5.92 Å². The molecule has 1 rings (SSSR count). The summed E-state index contributed by atoms with van der Waals surface area (Å²) in [7, 11) is 0. The minimum atomic E-state index is -0.196. The van der Waals surface area contributed by atoms with E-state index in [1.54, 1.807) is 0 Å². The predicted octanol–water partition coefficient (Wildman–Crippen LogP) is 2.89. The summed E-state index contributed by atoms with van der Waals surface area (Å²) >= 11 is 0. The minimum absolute atomic E-state index is 0.196. The summed E-state index contributed by atoms with van der Waals surface area (Å²) in [6.07, 6.45) is 0. The van der Waals surface area contributed by atoms with Crippen molar-refractivity contribution in [1.29, 1.82) is 0 Å². The van der Waals surface area contributed by atoms with Crippen molar-refractivity contribution in [1.82, 2.24) is 0 Å². The van der Waals surface area contributed by atoms with Gasteiger partial charge in [0, 0.05) is 6.92 Å². The number of carbonyl (C=O) groups excluding carboxylic acids is 1. The van der Waals surface area contributed by atoms with Crippen molar-refractivity contribution in [2.75, 3.05) is 6.61 Å². The van der Waals surface area contributed by atoms with Crippen molar-refractivity contribution in [3.8, 4) is 0 Å². The topological polar surface area (TPSA) is 26.3 Å². The fraction of sp³-hybridized carbons (Fsp3) is 0.417. The van der Waals surface area contributed by atoms with Crippen molar-refractivity contribution in [2.24, 2.45) is 5.92 Å². The van der Waals surface area contributed by atoms with E-state index in [0.717, 1.165) is 0 Å². The van der Waals surface area contributed by atoms with Crippen LogP contribution in [-0.4, -0.2) is 12.6 Å². The molecule has 2 nitrogen and oxygen atoms in total. The second kappa shape index (κ2) is 8.30. The Hall–Kier alpha value is -1.31. The first-order valence-corrected chi connectivity index (χ1v) is 4.76. The monoisotopic (exact) mass is 194 g/mol. The molecule has 0 unspecified atom stereocenters. The van der Waals surface area contributed by atoms with Crippen LogP contribution in [-0.2, 0) is 9.53 Å². The van der Waals surface area contributed by atoms with Crippen LogP contribution >= 0.6 is 0 Å². The number of rotatable bonds is 2. The molecule has 0 aromatic heterocycles. The van der Waals surface area contributed by atoms with Crippen molar-refractivity contribution in [2.45, 2.75) is 20.8 Å². The highest BCUT2D eigenvalue weighted by atomic mass is 16.5. The molecule has 0 radical (unpaired) electrons. The molecule has 2 heteroatoms. The summed E-state index contributed by atoms with van der Waals surface area (Å²) in [6.45, 7) is 5.96. The quantitative estimate of drug-likeness (QED) is 0.677. The number of carbonyl (C=O) groups is 1. The van der Waals surface area contributed by atoms with E-state index in [9.17, 15) is 4.79 Å². The molecule has 0 aliphatic carbocycles. The SMILES string of the molecule is CC(=O)OCC(C)C.c1ccccc1. The average molecular weight is 194 g/mol. The highest BCUT2D eigenvalue weighted by molar-refractivity contribution is 5.65. The van der Waals surface area contributed by atoms with E-state index in [-0.39, 0.29) is 5.97 Å². The Morgan fingerprint density at radius 1 is 1.07 bits per heavy atom. The van der Waals surface area contributed by atoms with Gasteiger partial charge in [-0.25, -0.2) is 0 Å². The highest BCUT2D eigenvalue weighted by Gasteiger charge is 1.94. The zero-order chi connectivity index (χ0) is 10.8. The number of benzene rings is 1. The molecule has 0 bridgehead atoms.